The van der Waals surface area contributed by atoms with Gasteiger partial charge in [0, 0.05) is 34.8 Å². The number of fused-ring (bicyclic) bond motifs is 2. The van der Waals surface area contributed by atoms with Gasteiger partial charge in [-0.05, 0) is 89.3 Å². The summed E-state index contributed by atoms with van der Waals surface area (Å²) >= 11 is 0. The van der Waals surface area contributed by atoms with E-state index in [9.17, 15) is 10.2 Å². The van der Waals surface area contributed by atoms with E-state index in [0.29, 0.717) is 24.3 Å². The van der Waals surface area contributed by atoms with Gasteiger partial charge in [-0.2, -0.15) is 0 Å². The summed E-state index contributed by atoms with van der Waals surface area (Å²) in [6.07, 6.45) is 1.24. The van der Waals surface area contributed by atoms with Crippen molar-refractivity contribution in [1.29, 1.82) is 0 Å². The zero-order valence-electron chi connectivity index (χ0n) is 34.8. The second-order valence-corrected chi connectivity index (χ2v) is 17.3. The van der Waals surface area contributed by atoms with Crippen molar-refractivity contribution in [2.75, 3.05) is 0 Å². The molecule has 2 heteroatoms. The molecule has 0 aliphatic heterocycles. The summed E-state index contributed by atoms with van der Waals surface area (Å²) in [6, 6.07) is 68.1. The van der Waals surface area contributed by atoms with Crippen molar-refractivity contribution < 1.29 is 10.2 Å². The van der Waals surface area contributed by atoms with Crippen LogP contribution in [0.25, 0.3) is 43.8 Å². The molecule has 9 rings (SSSR count). The topological polar surface area (TPSA) is 40.5 Å². The van der Waals surface area contributed by atoms with Crippen molar-refractivity contribution in [2.24, 2.45) is 0 Å². The first-order valence-electron chi connectivity index (χ1n) is 21.0. The maximum Gasteiger partial charge on any atom is 0.126 e. The fourth-order valence-corrected chi connectivity index (χ4v) is 8.97. The molecule has 0 aliphatic rings. The second kappa shape index (κ2) is 15.7. The van der Waals surface area contributed by atoms with E-state index in [4.69, 9.17) is 0 Å². The molecule has 2 nitrogen and oxygen atoms in total. The van der Waals surface area contributed by atoms with Crippen LogP contribution in [0.4, 0.5) is 0 Å². The van der Waals surface area contributed by atoms with Crippen LogP contribution in [0.1, 0.15) is 72.2 Å². The molecule has 0 fully saturated rings. The van der Waals surface area contributed by atoms with Crippen LogP contribution < -0.4 is 0 Å². The maximum absolute atomic E-state index is 12.1. The van der Waals surface area contributed by atoms with Crippen molar-refractivity contribution in [3.63, 3.8) is 0 Å². The quantitative estimate of drug-likeness (QED) is 0.145. The van der Waals surface area contributed by atoms with Gasteiger partial charge >= 0.3 is 0 Å². The third-order valence-corrected chi connectivity index (χ3v) is 12.8. The summed E-state index contributed by atoms with van der Waals surface area (Å²) in [6.45, 7) is 9.17. The van der Waals surface area contributed by atoms with Crippen LogP contribution in [0.2, 0.25) is 0 Å². The Hall–Kier alpha value is -6.90. The van der Waals surface area contributed by atoms with Crippen LogP contribution in [0.15, 0.2) is 194 Å². The highest BCUT2D eigenvalue weighted by Gasteiger charge is 2.31. The third-order valence-electron chi connectivity index (χ3n) is 12.8. The van der Waals surface area contributed by atoms with Gasteiger partial charge in [-0.25, -0.2) is 0 Å². The van der Waals surface area contributed by atoms with Crippen molar-refractivity contribution in [3.05, 3.63) is 239 Å². The van der Waals surface area contributed by atoms with E-state index in [0.717, 1.165) is 77.2 Å². The van der Waals surface area contributed by atoms with E-state index < -0.39 is 10.8 Å². The molecular formula is C58H50O2. The fourth-order valence-electron chi connectivity index (χ4n) is 8.97. The summed E-state index contributed by atoms with van der Waals surface area (Å²) in [5.74, 6) is 0.649. The number of benzene rings is 9. The van der Waals surface area contributed by atoms with Gasteiger partial charge in [0.2, 0.25) is 0 Å². The van der Waals surface area contributed by atoms with Gasteiger partial charge in [-0.15, -0.1) is 0 Å². The molecule has 9 aromatic carbocycles. The minimum Gasteiger partial charge on any atom is -0.507 e. The molecule has 0 spiro atoms. The summed E-state index contributed by atoms with van der Waals surface area (Å²) < 4.78 is 0. The van der Waals surface area contributed by atoms with Gasteiger partial charge in [-0.3, -0.25) is 0 Å². The molecule has 0 saturated carbocycles. The molecule has 294 valence electrons. The molecule has 0 aliphatic carbocycles. The van der Waals surface area contributed by atoms with Crippen LogP contribution in [-0.4, -0.2) is 10.2 Å². The Bertz CT molecular complexity index is 2780. The Labute approximate surface area is 354 Å². The molecule has 0 unspecified atom stereocenters. The SMILES string of the molecule is CC(C)(c1cccc(C(C)(C)c2cc(Cc3ccccc3)c(O)c(-c3cccc4ccccc34)c2)c1)c1cc(Cc2ccccc2)c(O)c(-c2cccc3ccccc23)c1. The Morgan fingerprint density at radius 2 is 0.700 bits per heavy atom. The number of phenols is 2. The number of rotatable bonds is 10. The molecule has 0 heterocycles. The predicted molar refractivity (Wildman–Crippen MR) is 251 cm³/mol. The van der Waals surface area contributed by atoms with Crippen LogP contribution in [0.3, 0.4) is 0 Å². The van der Waals surface area contributed by atoms with Crippen molar-refractivity contribution in [3.8, 4) is 33.8 Å². The average Bonchev–Trinajstić information content (AvgIpc) is 3.28. The fraction of sp³-hybridized carbons (Fsp3) is 0.138. The lowest BCUT2D eigenvalue weighted by Crippen LogP contribution is -2.23. The molecule has 60 heavy (non-hydrogen) atoms. The molecule has 2 N–H and O–H groups in total. The number of hydrogen-bond acceptors (Lipinski definition) is 2. The Kier molecular flexibility index (Phi) is 10.1. The minimum atomic E-state index is -0.425. The van der Waals surface area contributed by atoms with Crippen LogP contribution in [0, 0.1) is 0 Å². The van der Waals surface area contributed by atoms with Crippen LogP contribution in [0.5, 0.6) is 11.5 Å². The molecule has 0 atom stereocenters. The molecule has 0 amide bonds. The van der Waals surface area contributed by atoms with Gasteiger partial charge in [0.15, 0.2) is 0 Å². The smallest absolute Gasteiger partial charge is 0.126 e. The number of phenolic OH excluding ortho intramolecular Hbond substituents is 2. The number of hydrogen-bond donors (Lipinski definition) is 2. The molecule has 0 radical (unpaired) electrons. The molecule has 9 aromatic rings. The highest BCUT2D eigenvalue weighted by Crippen LogP contribution is 2.46. The van der Waals surface area contributed by atoms with Gasteiger partial charge in [-0.1, -0.05) is 210 Å². The van der Waals surface area contributed by atoms with Gasteiger partial charge in [0.05, 0.1) is 0 Å². The zero-order valence-corrected chi connectivity index (χ0v) is 34.8. The van der Waals surface area contributed by atoms with E-state index in [2.05, 4.69) is 210 Å². The predicted octanol–water partition coefficient (Wildman–Crippen LogP) is 14.6. The van der Waals surface area contributed by atoms with E-state index in [1.165, 1.54) is 11.1 Å². The second-order valence-electron chi connectivity index (χ2n) is 17.3. The highest BCUT2D eigenvalue weighted by atomic mass is 16.3. The molecule has 0 bridgehead atoms. The summed E-state index contributed by atoms with van der Waals surface area (Å²) in [4.78, 5) is 0. The Morgan fingerprint density at radius 1 is 0.333 bits per heavy atom. The van der Waals surface area contributed by atoms with Gasteiger partial charge in [0.1, 0.15) is 11.5 Å². The summed E-state index contributed by atoms with van der Waals surface area (Å²) in [5.41, 5.74) is 11.6. The van der Waals surface area contributed by atoms with Crippen molar-refractivity contribution in [1.82, 2.24) is 0 Å². The van der Waals surface area contributed by atoms with E-state index in [-0.39, 0.29) is 0 Å². The molecular weight excluding hydrogens is 729 g/mol. The molecule has 0 aromatic heterocycles. The first-order valence-corrected chi connectivity index (χ1v) is 21.0. The van der Waals surface area contributed by atoms with E-state index >= 15 is 0 Å². The maximum atomic E-state index is 12.1. The Balaban J connectivity index is 1.17. The Morgan fingerprint density at radius 3 is 1.13 bits per heavy atom. The minimum absolute atomic E-state index is 0.324. The van der Waals surface area contributed by atoms with Gasteiger partial charge in [0.25, 0.3) is 0 Å². The normalized spacial score (nSPS) is 11.9. The average molecular weight is 779 g/mol. The monoisotopic (exact) mass is 778 g/mol. The number of aromatic hydroxyl groups is 2. The lowest BCUT2D eigenvalue weighted by molar-refractivity contribution is 0.470. The van der Waals surface area contributed by atoms with Crippen molar-refractivity contribution >= 4 is 21.5 Å². The molecule has 0 saturated heterocycles. The van der Waals surface area contributed by atoms with E-state index in [1.54, 1.807) is 0 Å². The standard InChI is InChI=1S/C58H50O2/c1-57(2,47-34-43(32-39-18-7-5-8-19-39)55(59)53(37-47)51-30-15-24-41-22-11-13-28-49(41)51)45-26-17-27-46(36-45)58(3,4)48-35-44(33-40-20-9-6-10-21-40)56(60)54(38-48)52-31-16-25-42-23-12-14-29-50(42)52/h5-31,34-38,59-60H,32-33H2,1-4H3. The summed E-state index contributed by atoms with van der Waals surface area (Å²) in [5, 5.41) is 28.7. The van der Waals surface area contributed by atoms with E-state index in [1.807, 2.05) is 12.1 Å². The first kappa shape index (κ1) is 38.6. The highest BCUT2D eigenvalue weighted by molar-refractivity contribution is 5.99. The van der Waals surface area contributed by atoms with Crippen LogP contribution in [-0.2, 0) is 23.7 Å². The van der Waals surface area contributed by atoms with Crippen LogP contribution >= 0.6 is 0 Å². The largest absolute Gasteiger partial charge is 0.507 e. The lowest BCUT2D eigenvalue weighted by Gasteiger charge is -2.32. The van der Waals surface area contributed by atoms with Gasteiger partial charge < -0.3 is 10.2 Å². The van der Waals surface area contributed by atoms with Crippen molar-refractivity contribution in [2.45, 2.75) is 51.4 Å². The third kappa shape index (κ3) is 7.24. The first-order chi connectivity index (χ1) is 29.1. The zero-order chi connectivity index (χ0) is 41.4. The summed E-state index contributed by atoms with van der Waals surface area (Å²) in [7, 11) is 0. The lowest BCUT2D eigenvalue weighted by atomic mass is 9.72.